The lowest BCUT2D eigenvalue weighted by Gasteiger charge is -2.42. The second-order valence-electron chi connectivity index (χ2n) is 13.2. The highest BCUT2D eigenvalue weighted by molar-refractivity contribution is 6.30. The normalized spacial score (nSPS) is 24.4. The summed E-state index contributed by atoms with van der Waals surface area (Å²) in [6.45, 7) is 3.56. The largest absolute Gasteiger partial charge is 0.493 e. The monoisotopic (exact) mass is 695 g/mol. The average molecular weight is 696 g/mol. The van der Waals surface area contributed by atoms with Crippen molar-refractivity contribution in [2.45, 2.75) is 68.2 Å². The number of nitrogens with zero attached hydrogens (tertiary/aromatic N) is 5. The minimum Gasteiger partial charge on any atom is -0.493 e. The first-order valence-electron chi connectivity index (χ1n) is 16.6. The Hall–Kier alpha value is -2.53. The average Bonchev–Trinajstić information content (AvgIpc) is 3.49. The van der Waals surface area contributed by atoms with Gasteiger partial charge in [0.1, 0.15) is 36.2 Å². The SMILES string of the molecule is O=CC(c1ccc(OCCCC2CCN(c3ncc(Cl)cn3)CC2)cc1F)N1CCC2(CN(C[C@H](O)[C@@H](O)[C@H](O)[C@H](O)CO)CCO2)C1. The predicted molar refractivity (Wildman–Crippen MR) is 174 cm³/mol. The predicted octanol–water partition coefficient (Wildman–Crippen LogP) is 0.797. The zero-order chi connectivity index (χ0) is 34.3. The van der Waals surface area contributed by atoms with Crippen LogP contribution < -0.4 is 9.64 Å². The summed E-state index contributed by atoms with van der Waals surface area (Å²) in [5, 5.41) is 49.8. The molecule has 266 valence electrons. The summed E-state index contributed by atoms with van der Waals surface area (Å²) in [5.74, 6) is 1.17. The van der Waals surface area contributed by atoms with Crippen LogP contribution in [0.25, 0.3) is 0 Å². The number of hydrogen-bond acceptors (Lipinski definition) is 13. The molecule has 1 spiro atoms. The molecule has 1 aromatic heterocycles. The number of carbonyl (C=O) groups excluding carboxylic acids is 1. The third kappa shape index (κ3) is 9.17. The highest BCUT2D eigenvalue weighted by Crippen LogP contribution is 2.35. The summed E-state index contributed by atoms with van der Waals surface area (Å²) < 4.78 is 27.4. The summed E-state index contributed by atoms with van der Waals surface area (Å²) in [6.07, 6.45) is 2.15. The number of morpholine rings is 1. The third-order valence-corrected chi connectivity index (χ3v) is 9.98. The Morgan fingerprint density at radius 3 is 2.48 bits per heavy atom. The van der Waals surface area contributed by atoms with Crippen molar-refractivity contribution in [3.05, 3.63) is 47.0 Å². The first-order valence-corrected chi connectivity index (χ1v) is 17.0. The van der Waals surface area contributed by atoms with Crippen molar-refractivity contribution < 1.29 is 44.2 Å². The molecule has 3 saturated heterocycles. The lowest BCUT2D eigenvalue weighted by Crippen LogP contribution is -2.57. The number of likely N-dealkylation sites (tertiary alicyclic amines) is 1. The molecule has 0 amide bonds. The van der Waals surface area contributed by atoms with Crippen LogP contribution in [0.15, 0.2) is 30.6 Å². The van der Waals surface area contributed by atoms with E-state index in [1.807, 2.05) is 9.80 Å². The van der Waals surface area contributed by atoms with Gasteiger partial charge in [-0.3, -0.25) is 9.80 Å². The number of benzene rings is 1. The molecule has 0 radical (unpaired) electrons. The molecule has 4 heterocycles. The van der Waals surface area contributed by atoms with Crippen LogP contribution in [0.3, 0.4) is 0 Å². The van der Waals surface area contributed by atoms with Crippen molar-refractivity contribution in [2.75, 3.05) is 70.5 Å². The van der Waals surface area contributed by atoms with Crippen LogP contribution >= 0.6 is 11.6 Å². The minimum absolute atomic E-state index is 0.00764. The summed E-state index contributed by atoms with van der Waals surface area (Å²) >= 11 is 5.89. The van der Waals surface area contributed by atoms with E-state index in [1.54, 1.807) is 24.5 Å². The minimum atomic E-state index is -1.70. The molecule has 3 fully saturated rings. The van der Waals surface area contributed by atoms with Gasteiger partial charge >= 0.3 is 0 Å². The van der Waals surface area contributed by atoms with Crippen molar-refractivity contribution in [1.29, 1.82) is 0 Å². The summed E-state index contributed by atoms with van der Waals surface area (Å²) in [5.41, 5.74) is -0.402. The highest BCUT2D eigenvalue weighted by Gasteiger charge is 2.45. The molecule has 1 aromatic carbocycles. The maximum absolute atomic E-state index is 15.4. The smallest absolute Gasteiger partial charge is 0.225 e. The molecule has 6 atom stereocenters. The Balaban J connectivity index is 1.07. The molecule has 5 N–H and O–H groups in total. The third-order valence-electron chi connectivity index (χ3n) is 9.79. The van der Waals surface area contributed by atoms with Gasteiger partial charge in [-0.2, -0.15) is 0 Å². The first kappa shape index (κ1) is 36.7. The van der Waals surface area contributed by atoms with E-state index in [-0.39, 0.29) is 12.1 Å². The number of aliphatic hydroxyl groups is 5. The van der Waals surface area contributed by atoms with Crippen molar-refractivity contribution in [1.82, 2.24) is 19.8 Å². The zero-order valence-electron chi connectivity index (χ0n) is 27.0. The van der Waals surface area contributed by atoms with Gasteiger partial charge in [0.05, 0.1) is 55.0 Å². The molecule has 13 nitrogen and oxygen atoms in total. The number of rotatable bonds is 15. The van der Waals surface area contributed by atoms with Crippen LogP contribution in [0, 0.1) is 11.7 Å². The Kier molecular flexibility index (Phi) is 13.0. The number of anilines is 1. The Bertz CT molecular complexity index is 1330. The van der Waals surface area contributed by atoms with E-state index in [0.29, 0.717) is 68.5 Å². The molecular formula is C33H47ClFN5O8. The van der Waals surface area contributed by atoms with E-state index in [1.165, 1.54) is 6.07 Å². The molecule has 15 heteroatoms. The lowest BCUT2D eigenvalue weighted by atomic mass is 9.92. The molecule has 0 aliphatic carbocycles. The standard InChI is InChI=1S/C33H47ClFN5O8/c34-23-15-36-32(37-16-23)39-8-5-22(6-9-39)2-1-12-47-24-3-4-25(26(35)14-24)27(18-41)40-10-7-33(21-40)20-38(11-13-48-33)17-28(43)30(45)31(46)29(44)19-42/h3-4,14-16,18,22,27-31,42-46H,1-2,5-13,17,19-21H2/t27?,28-,29+,30+,31+,33?/m0/s1. The van der Waals surface area contributed by atoms with Gasteiger partial charge < -0.3 is 44.7 Å². The van der Waals surface area contributed by atoms with Gasteiger partial charge in [0.25, 0.3) is 0 Å². The van der Waals surface area contributed by atoms with Crippen LogP contribution in [0.5, 0.6) is 5.75 Å². The van der Waals surface area contributed by atoms with Crippen molar-refractivity contribution in [3.63, 3.8) is 0 Å². The summed E-state index contributed by atoms with van der Waals surface area (Å²) in [6, 6.07) is 3.81. The van der Waals surface area contributed by atoms with Gasteiger partial charge in [-0.05, 0) is 44.1 Å². The lowest BCUT2D eigenvalue weighted by molar-refractivity contribution is -0.138. The Labute approximate surface area is 284 Å². The quantitative estimate of drug-likeness (QED) is 0.131. The van der Waals surface area contributed by atoms with Crippen LogP contribution in [-0.2, 0) is 9.53 Å². The summed E-state index contributed by atoms with van der Waals surface area (Å²) in [4.78, 5) is 26.8. The number of aromatic nitrogens is 2. The van der Waals surface area contributed by atoms with Gasteiger partial charge in [-0.15, -0.1) is 0 Å². The summed E-state index contributed by atoms with van der Waals surface area (Å²) in [7, 11) is 0. The fourth-order valence-corrected chi connectivity index (χ4v) is 7.12. The topological polar surface area (TPSA) is 172 Å². The maximum atomic E-state index is 15.4. The highest BCUT2D eigenvalue weighted by atomic mass is 35.5. The zero-order valence-corrected chi connectivity index (χ0v) is 27.7. The molecular weight excluding hydrogens is 649 g/mol. The van der Waals surface area contributed by atoms with E-state index < -0.39 is 48.5 Å². The number of carbonyl (C=O) groups is 1. The number of aldehydes is 1. The van der Waals surface area contributed by atoms with E-state index in [0.717, 1.165) is 45.1 Å². The van der Waals surface area contributed by atoms with Crippen LogP contribution in [0.4, 0.5) is 10.3 Å². The molecule has 2 unspecified atom stereocenters. The molecule has 48 heavy (non-hydrogen) atoms. The molecule has 2 aromatic rings. The number of aliphatic hydroxyl groups excluding tert-OH is 5. The number of halogens is 2. The van der Waals surface area contributed by atoms with E-state index in [2.05, 4.69) is 14.9 Å². The molecule has 0 bridgehead atoms. The van der Waals surface area contributed by atoms with Gasteiger partial charge in [-0.1, -0.05) is 17.7 Å². The number of piperidine rings is 1. The van der Waals surface area contributed by atoms with Crippen molar-refractivity contribution >= 4 is 23.8 Å². The second kappa shape index (κ2) is 16.9. The molecule has 5 rings (SSSR count). The number of β-amino-alcohol motifs (C(OH)–C–C–N with tert-alkyl or cyclic N) is 1. The molecule has 3 aliphatic heterocycles. The van der Waals surface area contributed by atoms with E-state index >= 15 is 4.39 Å². The number of ether oxygens (including phenoxy) is 2. The van der Waals surface area contributed by atoms with Gasteiger partial charge in [0, 0.05) is 57.4 Å². The van der Waals surface area contributed by atoms with Gasteiger partial charge in [0.15, 0.2) is 0 Å². The fourth-order valence-electron chi connectivity index (χ4n) is 7.02. The van der Waals surface area contributed by atoms with Crippen LogP contribution in [0.1, 0.15) is 43.7 Å². The Morgan fingerprint density at radius 2 is 1.79 bits per heavy atom. The number of hydrogen-bond donors (Lipinski definition) is 5. The second-order valence-corrected chi connectivity index (χ2v) is 13.6. The van der Waals surface area contributed by atoms with Crippen molar-refractivity contribution in [3.8, 4) is 5.75 Å². The maximum Gasteiger partial charge on any atom is 0.225 e. The van der Waals surface area contributed by atoms with Gasteiger partial charge in [0.2, 0.25) is 5.95 Å². The fraction of sp³-hybridized carbons (Fsp3) is 0.667. The van der Waals surface area contributed by atoms with E-state index in [4.69, 9.17) is 26.2 Å². The van der Waals surface area contributed by atoms with Crippen LogP contribution in [-0.4, -0.2) is 147 Å². The van der Waals surface area contributed by atoms with Crippen LogP contribution in [0.2, 0.25) is 5.02 Å². The van der Waals surface area contributed by atoms with E-state index in [9.17, 15) is 25.2 Å². The first-order chi connectivity index (χ1) is 23.1. The molecule has 3 aliphatic rings. The molecule has 0 saturated carbocycles. The van der Waals surface area contributed by atoms with Gasteiger partial charge in [-0.25, -0.2) is 14.4 Å². The van der Waals surface area contributed by atoms with Crippen molar-refractivity contribution in [2.24, 2.45) is 5.92 Å². The Morgan fingerprint density at radius 1 is 1.06 bits per heavy atom.